The molecule has 2 heterocycles. The average molecular weight is 295 g/mol. The lowest BCUT2D eigenvalue weighted by molar-refractivity contribution is -0.125. The highest BCUT2D eigenvalue weighted by atomic mass is 32.2. The monoisotopic (exact) mass is 295 g/mol. The first-order chi connectivity index (χ1) is 9.67. The van der Waals surface area contributed by atoms with Crippen LogP contribution in [0, 0.1) is 5.92 Å². The van der Waals surface area contributed by atoms with Crippen LogP contribution >= 0.6 is 11.8 Å². The Kier molecular flexibility index (Phi) is 5.05. The van der Waals surface area contributed by atoms with E-state index in [2.05, 4.69) is 25.5 Å². The highest BCUT2D eigenvalue weighted by Gasteiger charge is 2.25. The molecule has 0 saturated carbocycles. The quantitative estimate of drug-likeness (QED) is 0.642. The topological polar surface area (TPSA) is 70.2 Å². The van der Waals surface area contributed by atoms with Gasteiger partial charge in [0.15, 0.2) is 5.16 Å². The van der Waals surface area contributed by atoms with Gasteiger partial charge in [-0.05, 0) is 19.1 Å². The summed E-state index contributed by atoms with van der Waals surface area (Å²) in [5.74, 6) is 2.03. The Hall–Kier alpha value is -1.50. The molecule has 2 N–H and O–H groups in total. The Morgan fingerprint density at radius 1 is 1.35 bits per heavy atom. The number of carbonyl (C=O) groups excluding carboxylic acids is 1. The van der Waals surface area contributed by atoms with E-state index in [1.165, 1.54) is 11.8 Å². The van der Waals surface area contributed by atoms with Crippen LogP contribution in [0.3, 0.4) is 0 Å². The number of piperidine rings is 1. The Bertz CT molecular complexity index is 452. The number of rotatable bonds is 4. The van der Waals surface area contributed by atoms with Crippen LogP contribution in [0.4, 0.5) is 11.6 Å². The zero-order valence-electron chi connectivity index (χ0n) is 12.1. The van der Waals surface area contributed by atoms with Gasteiger partial charge in [0.2, 0.25) is 5.91 Å². The molecule has 1 aromatic rings. The summed E-state index contributed by atoms with van der Waals surface area (Å²) < 4.78 is 0. The van der Waals surface area contributed by atoms with Gasteiger partial charge in [-0.2, -0.15) is 0 Å². The molecule has 0 bridgehead atoms. The SMILES string of the molecule is CNC(=O)C1CCN(c2cc(NC)nc(SC)n2)CC1. The summed E-state index contributed by atoms with van der Waals surface area (Å²) in [5, 5.41) is 6.56. The predicted molar refractivity (Wildman–Crippen MR) is 82.4 cm³/mol. The third-order valence-electron chi connectivity index (χ3n) is 3.57. The van der Waals surface area contributed by atoms with Gasteiger partial charge >= 0.3 is 0 Å². The summed E-state index contributed by atoms with van der Waals surface area (Å²) in [7, 11) is 3.55. The predicted octanol–water partition coefficient (Wildman–Crippen LogP) is 1.20. The molecule has 0 radical (unpaired) electrons. The lowest BCUT2D eigenvalue weighted by atomic mass is 9.96. The molecule has 1 saturated heterocycles. The lowest BCUT2D eigenvalue weighted by Crippen LogP contribution is -2.40. The first kappa shape index (κ1) is 14.9. The van der Waals surface area contributed by atoms with Crippen LogP contribution in [0.1, 0.15) is 12.8 Å². The zero-order valence-corrected chi connectivity index (χ0v) is 13.0. The Balaban J connectivity index is 2.08. The van der Waals surface area contributed by atoms with Crippen LogP contribution < -0.4 is 15.5 Å². The van der Waals surface area contributed by atoms with Crippen molar-refractivity contribution in [2.75, 3.05) is 43.7 Å². The van der Waals surface area contributed by atoms with Crippen molar-refractivity contribution in [3.05, 3.63) is 6.07 Å². The second kappa shape index (κ2) is 6.78. The molecule has 1 amide bonds. The van der Waals surface area contributed by atoms with Crippen LogP contribution in [-0.4, -0.2) is 49.3 Å². The number of hydrogen-bond donors (Lipinski definition) is 2. The van der Waals surface area contributed by atoms with Crippen LogP contribution in [0.2, 0.25) is 0 Å². The van der Waals surface area contributed by atoms with Crippen molar-refractivity contribution in [3.8, 4) is 0 Å². The minimum atomic E-state index is 0.127. The number of carbonyl (C=O) groups is 1. The minimum Gasteiger partial charge on any atom is -0.373 e. The fraction of sp³-hybridized carbons (Fsp3) is 0.615. The van der Waals surface area contributed by atoms with E-state index in [0.29, 0.717) is 0 Å². The van der Waals surface area contributed by atoms with E-state index >= 15 is 0 Å². The van der Waals surface area contributed by atoms with E-state index in [1.807, 2.05) is 19.4 Å². The normalized spacial score (nSPS) is 16.1. The van der Waals surface area contributed by atoms with Crippen LogP contribution in [-0.2, 0) is 4.79 Å². The molecule has 0 unspecified atom stereocenters. The van der Waals surface area contributed by atoms with Gasteiger partial charge in [-0.25, -0.2) is 9.97 Å². The molecule has 1 aliphatic rings. The van der Waals surface area contributed by atoms with Crippen molar-refractivity contribution in [2.24, 2.45) is 5.92 Å². The van der Waals surface area contributed by atoms with Crippen molar-refractivity contribution in [1.29, 1.82) is 0 Å². The number of hydrogen-bond acceptors (Lipinski definition) is 6. The van der Waals surface area contributed by atoms with Gasteiger partial charge in [-0.15, -0.1) is 0 Å². The fourth-order valence-corrected chi connectivity index (χ4v) is 2.74. The Morgan fingerprint density at radius 3 is 2.60 bits per heavy atom. The van der Waals surface area contributed by atoms with Crippen LogP contribution in [0.25, 0.3) is 0 Å². The highest BCUT2D eigenvalue weighted by Crippen LogP contribution is 2.25. The molecule has 110 valence electrons. The largest absolute Gasteiger partial charge is 0.373 e. The van der Waals surface area contributed by atoms with Crippen LogP contribution in [0.5, 0.6) is 0 Å². The van der Waals surface area contributed by atoms with Gasteiger partial charge in [0.05, 0.1) is 0 Å². The minimum absolute atomic E-state index is 0.127. The second-order valence-electron chi connectivity index (χ2n) is 4.72. The molecule has 6 nitrogen and oxygen atoms in total. The number of thioether (sulfide) groups is 1. The third-order valence-corrected chi connectivity index (χ3v) is 4.11. The summed E-state index contributed by atoms with van der Waals surface area (Å²) in [6, 6.07) is 1.96. The van der Waals surface area contributed by atoms with Gasteiger partial charge in [0.25, 0.3) is 0 Å². The number of aromatic nitrogens is 2. The summed E-state index contributed by atoms with van der Waals surface area (Å²) in [6.07, 6.45) is 3.71. The van der Waals surface area contributed by atoms with E-state index in [-0.39, 0.29) is 11.8 Å². The standard InChI is InChI=1S/C13H21N5OS/c1-14-10-8-11(17-13(16-10)20-3)18-6-4-9(5-7-18)12(19)15-2/h8-9H,4-7H2,1-3H3,(H,15,19)(H,14,16,17). The van der Waals surface area contributed by atoms with Crippen molar-refractivity contribution in [2.45, 2.75) is 18.0 Å². The first-order valence-corrected chi connectivity index (χ1v) is 7.97. The molecule has 1 aromatic heterocycles. The van der Waals surface area contributed by atoms with Gasteiger partial charge in [-0.3, -0.25) is 4.79 Å². The molecule has 1 fully saturated rings. The van der Waals surface area contributed by atoms with Gasteiger partial charge in [0.1, 0.15) is 11.6 Å². The van der Waals surface area contributed by atoms with E-state index < -0.39 is 0 Å². The Labute approximate surface area is 123 Å². The van der Waals surface area contributed by atoms with E-state index in [4.69, 9.17) is 0 Å². The Morgan fingerprint density at radius 2 is 2.05 bits per heavy atom. The molecule has 20 heavy (non-hydrogen) atoms. The number of anilines is 2. The van der Waals surface area contributed by atoms with Gasteiger partial charge in [0, 0.05) is 39.2 Å². The van der Waals surface area contributed by atoms with Crippen molar-refractivity contribution < 1.29 is 4.79 Å². The average Bonchev–Trinajstić information content (AvgIpc) is 2.53. The molecule has 2 rings (SSSR count). The maximum Gasteiger partial charge on any atom is 0.222 e. The molecule has 7 heteroatoms. The smallest absolute Gasteiger partial charge is 0.222 e. The first-order valence-electron chi connectivity index (χ1n) is 6.75. The lowest BCUT2D eigenvalue weighted by Gasteiger charge is -2.32. The number of nitrogens with one attached hydrogen (secondary N) is 2. The number of nitrogens with zero attached hydrogens (tertiary/aromatic N) is 3. The molecule has 1 aliphatic heterocycles. The van der Waals surface area contributed by atoms with Gasteiger partial charge in [-0.1, -0.05) is 11.8 Å². The maximum absolute atomic E-state index is 11.6. The number of amides is 1. The fourth-order valence-electron chi connectivity index (χ4n) is 2.37. The summed E-state index contributed by atoms with van der Waals surface area (Å²) >= 11 is 1.53. The summed E-state index contributed by atoms with van der Waals surface area (Å²) in [4.78, 5) is 22.8. The third kappa shape index (κ3) is 3.33. The van der Waals surface area contributed by atoms with Crippen molar-refractivity contribution >= 4 is 29.3 Å². The zero-order chi connectivity index (χ0) is 14.5. The van der Waals surface area contributed by atoms with Crippen LogP contribution in [0.15, 0.2) is 11.2 Å². The second-order valence-corrected chi connectivity index (χ2v) is 5.50. The van der Waals surface area contributed by atoms with E-state index in [9.17, 15) is 4.79 Å². The molecule has 0 aliphatic carbocycles. The van der Waals surface area contributed by atoms with Gasteiger partial charge < -0.3 is 15.5 Å². The van der Waals surface area contributed by atoms with Crippen molar-refractivity contribution in [3.63, 3.8) is 0 Å². The summed E-state index contributed by atoms with van der Waals surface area (Å²) in [6.45, 7) is 1.71. The molecular formula is C13H21N5OS. The molecular weight excluding hydrogens is 274 g/mol. The summed E-state index contributed by atoms with van der Waals surface area (Å²) in [5.41, 5.74) is 0. The molecule has 0 atom stereocenters. The highest BCUT2D eigenvalue weighted by molar-refractivity contribution is 7.98. The maximum atomic E-state index is 11.6. The van der Waals surface area contributed by atoms with E-state index in [0.717, 1.165) is 42.7 Å². The van der Waals surface area contributed by atoms with Crippen molar-refractivity contribution in [1.82, 2.24) is 15.3 Å². The van der Waals surface area contributed by atoms with E-state index in [1.54, 1.807) is 7.05 Å². The molecule has 0 spiro atoms. The molecule has 0 aromatic carbocycles.